The van der Waals surface area contributed by atoms with Crippen molar-refractivity contribution < 1.29 is 14.4 Å². The molecule has 0 aliphatic carbocycles. The Labute approximate surface area is 120 Å². The second-order valence-corrected chi connectivity index (χ2v) is 5.27. The number of halogens is 2. The first-order valence-corrected chi connectivity index (χ1v) is 6.69. The first-order chi connectivity index (χ1) is 8.60. The van der Waals surface area contributed by atoms with Crippen LogP contribution in [0.4, 0.5) is 0 Å². The average molecular weight is 378 g/mol. The zero-order valence-electron chi connectivity index (χ0n) is 9.48. The zero-order valence-corrected chi connectivity index (χ0v) is 12.7. The summed E-state index contributed by atoms with van der Waals surface area (Å²) in [5, 5.41) is 12.8. The molecule has 1 N–H and O–H groups in total. The second-order valence-electron chi connectivity index (χ2n) is 3.57. The SMILES string of the molecule is Cc1nc(COc2c(Br)cc(CO)cc2Br)no1. The van der Waals surface area contributed by atoms with Crippen molar-refractivity contribution >= 4 is 31.9 Å². The Balaban J connectivity index is 2.14. The van der Waals surface area contributed by atoms with E-state index in [-0.39, 0.29) is 13.2 Å². The fourth-order valence-corrected chi connectivity index (χ4v) is 2.89. The number of hydrogen-bond donors (Lipinski definition) is 1. The summed E-state index contributed by atoms with van der Waals surface area (Å²) in [7, 11) is 0. The van der Waals surface area contributed by atoms with Crippen LogP contribution in [0.25, 0.3) is 0 Å². The first kappa shape index (κ1) is 13.5. The van der Waals surface area contributed by atoms with Crippen LogP contribution in [-0.4, -0.2) is 15.2 Å². The number of aliphatic hydroxyl groups excluding tert-OH is 1. The molecule has 0 amide bonds. The van der Waals surface area contributed by atoms with E-state index in [4.69, 9.17) is 14.4 Å². The number of aliphatic hydroxyl groups is 1. The van der Waals surface area contributed by atoms with E-state index >= 15 is 0 Å². The molecule has 0 aliphatic rings. The van der Waals surface area contributed by atoms with Crippen molar-refractivity contribution in [3.63, 3.8) is 0 Å². The van der Waals surface area contributed by atoms with Crippen LogP contribution in [0.1, 0.15) is 17.3 Å². The Morgan fingerprint density at radius 3 is 2.50 bits per heavy atom. The fraction of sp³-hybridized carbons (Fsp3) is 0.273. The highest BCUT2D eigenvalue weighted by Gasteiger charge is 2.11. The van der Waals surface area contributed by atoms with Crippen LogP contribution in [0.15, 0.2) is 25.6 Å². The van der Waals surface area contributed by atoms with E-state index in [2.05, 4.69) is 42.0 Å². The Kier molecular flexibility index (Phi) is 4.36. The van der Waals surface area contributed by atoms with E-state index in [1.54, 1.807) is 19.1 Å². The predicted octanol–water partition coefficient (Wildman–Crippen LogP) is 2.97. The van der Waals surface area contributed by atoms with Crippen LogP contribution in [0.3, 0.4) is 0 Å². The van der Waals surface area contributed by atoms with Crippen LogP contribution in [0.2, 0.25) is 0 Å². The van der Waals surface area contributed by atoms with Crippen molar-refractivity contribution in [3.8, 4) is 5.75 Å². The number of aryl methyl sites for hydroxylation is 1. The van der Waals surface area contributed by atoms with Gasteiger partial charge in [-0.15, -0.1) is 0 Å². The topological polar surface area (TPSA) is 68.4 Å². The number of hydrogen-bond acceptors (Lipinski definition) is 5. The third-order valence-corrected chi connectivity index (χ3v) is 3.33. The van der Waals surface area contributed by atoms with Crippen molar-refractivity contribution in [2.24, 2.45) is 0 Å². The van der Waals surface area contributed by atoms with E-state index in [1.807, 2.05) is 0 Å². The lowest BCUT2D eigenvalue weighted by Crippen LogP contribution is -1.99. The van der Waals surface area contributed by atoms with Gasteiger partial charge < -0.3 is 14.4 Å². The van der Waals surface area contributed by atoms with Gasteiger partial charge in [0, 0.05) is 6.92 Å². The van der Waals surface area contributed by atoms with Crippen LogP contribution in [-0.2, 0) is 13.2 Å². The quantitative estimate of drug-likeness (QED) is 0.886. The molecule has 18 heavy (non-hydrogen) atoms. The van der Waals surface area contributed by atoms with E-state index in [0.717, 1.165) is 14.5 Å². The van der Waals surface area contributed by atoms with Gasteiger partial charge in [-0.1, -0.05) is 5.16 Å². The molecule has 5 nitrogen and oxygen atoms in total. The van der Waals surface area contributed by atoms with Crippen molar-refractivity contribution in [3.05, 3.63) is 38.4 Å². The molecular weight excluding hydrogens is 368 g/mol. The molecule has 1 heterocycles. The van der Waals surface area contributed by atoms with Gasteiger partial charge in [-0.25, -0.2) is 0 Å². The number of ether oxygens (including phenoxy) is 1. The standard InChI is InChI=1S/C11H10Br2N2O3/c1-6-14-10(15-18-6)5-17-11-8(12)2-7(4-16)3-9(11)13/h2-3,16H,4-5H2,1H3. The molecule has 96 valence electrons. The molecule has 2 rings (SSSR count). The second kappa shape index (κ2) is 5.81. The molecule has 0 bridgehead atoms. The average Bonchev–Trinajstić information content (AvgIpc) is 2.73. The highest BCUT2D eigenvalue weighted by molar-refractivity contribution is 9.11. The molecule has 0 spiro atoms. The number of rotatable bonds is 4. The molecule has 0 unspecified atom stereocenters. The van der Waals surface area contributed by atoms with Crippen LogP contribution >= 0.6 is 31.9 Å². The summed E-state index contributed by atoms with van der Waals surface area (Å²) in [5.74, 6) is 1.62. The number of nitrogens with zero attached hydrogens (tertiary/aromatic N) is 2. The lowest BCUT2D eigenvalue weighted by atomic mass is 10.2. The van der Waals surface area contributed by atoms with E-state index in [1.165, 1.54) is 0 Å². The van der Waals surface area contributed by atoms with Gasteiger partial charge in [0.2, 0.25) is 11.7 Å². The fourth-order valence-electron chi connectivity index (χ4n) is 1.38. The van der Waals surface area contributed by atoms with Crippen molar-refractivity contribution in [1.29, 1.82) is 0 Å². The summed E-state index contributed by atoms with van der Waals surface area (Å²) >= 11 is 6.77. The molecule has 2 aromatic rings. The highest BCUT2D eigenvalue weighted by atomic mass is 79.9. The molecular formula is C11H10Br2N2O3. The Morgan fingerprint density at radius 2 is 2.00 bits per heavy atom. The monoisotopic (exact) mass is 376 g/mol. The van der Waals surface area contributed by atoms with Crippen molar-refractivity contribution in [2.75, 3.05) is 0 Å². The van der Waals surface area contributed by atoms with E-state index in [0.29, 0.717) is 17.5 Å². The first-order valence-electron chi connectivity index (χ1n) is 5.11. The van der Waals surface area contributed by atoms with E-state index < -0.39 is 0 Å². The Morgan fingerprint density at radius 1 is 1.33 bits per heavy atom. The van der Waals surface area contributed by atoms with Gasteiger partial charge in [0.05, 0.1) is 15.6 Å². The van der Waals surface area contributed by atoms with Gasteiger partial charge >= 0.3 is 0 Å². The predicted molar refractivity (Wildman–Crippen MR) is 71.1 cm³/mol. The molecule has 0 atom stereocenters. The maximum atomic E-state index is 9.07. The lowest BCUT2D eigenvalue weighted by molar-refractivity contribution is 0.276. The highest BCUT2D eigenvalue weighted by Crippen LogP contribution is 2.35. The van der Waals surface area contributed by atoms with E-state index in [9.17, 15) is 0 Å². The van der Waals surface area contributed by atoms with Gasteiger partial charge in [0.15, 0.2) is 6.61 Å². The maximum Gasteiger partial charge on any atom is 0.223 e. The van der Waals surface area contributed by atoms with Gasteiger partial charge in [0.1, 0.15) is 5.75 Å². The third kappa shape index (κ3) is 3.09. The molecule has 0 aliphatic heterocycles. The minimum atomic E-state index is -0.0263. The number of aromatic nitrogens is 2. The van der Waals surface area contributed by atoms with Gasteiger partial charge in [0.25, 0.3) is 0 Å². The molecule has 0 saturated carbocycles. The molecule has 7 heteroatoms. The number of benzene rings is 1. The van der Waals surface area contributed by atoms with Crippen LogP contribution in [0.5, 0.6) is 5.75 Å². The third-order valence-electron chi connectivity index (χ3n) is 2.16. The van der Waals surface area contributed by atoms with Gasteiger partial charge in [-0.3, -0.25) is 0 Å². The molecule has 1 aromatic carbocycles. The molecule has 0 saturated heterocycles. The van der Waals surface area contributed by atoms with Gasteiger partial charge in [-0.05, 0) is 49.6 Å². The summed E-state index contributed by atoms with van der Waals surface area (Å²) in [6.45, 7) is 1.91. The maximum absolute atomic E-state index is 9.07. The summed E-state index contributed by atoms with van der Waals surface area (Å²) in [5.41, 5.74) is 0.788. The summed E-state index contributed by atoms with van der Waals surface area (Å²) < 4.78 is 12.0. The molecule has 0 radical (unpaired) electrons. The minimum Gasteiger partial charge on any atom is -0.483 e. The summed E-state index contributed by atoms with van der Waals surface area (Å²) in [4.78, 5) is 4.05. The Hall–Kier alpha value is -0.920. The van der Waals surface area contributed by atoms with Crippen molar-refractivity contribution in [2.45, 2.75) is 20.1 Å². The zero-order chi connectivity index (χ0) is 13.1. The summed E-state index contributed by atoms with van der Waals surface area (Å²) in [6.07, 6.45) is 0. The lowest BCUT2D eigenvalue weighted by Gasteiger charge is -2.10. The largest absolute Gasteiger partial charge is 0.483 e. The van der Waals surface area contributed by atoms with Crippen LogP contribution in [0, 0.1) is 6.92 Å². The molecule has 1 aromatic heterocycles. The summed E-state index contributed by atoms with van der Waals surface area (Å²) in [6, 6.07) is 3.59. The smallest absolute Gasteiger partial charge is 0.223 e. The Bertz CT molecular complexity index is 534. The normalized spacial score (nSPS) is 10.7. The van der Waals surface area contributed by atoms with Crippen molar-refractivity contribution in [1.82, 2.24) is 10.1 Å². The minimum absolute atomic E-state index is 0.0263. The van der Waals surface area contributed by atoms with Crippen LogP contribution < -0.4 is 4.74 Å². The molecule has 0 fully saturated rings. The van der Waals surface area contributed by atoms with Gasteiger partial charge in [-0.2, -0.15) is 4.98 Å².